The van der Waals surface area contributed by atoms with E-state index in [0.717, 1.165) is 5.56 Å². The van der Waals surface area contributed by atoms with Crippen molar-refractivity contribution in [2.24, 2.45) is 0 Å². The Morgan fingerprint density at radius 1 is 0.712 bits per heavy atom. The van der Waals surface area contributed by atoms with Crippen molar-refractivity contribution in [1.29, 1.82) is 0 Å². The third kappa shape index (κ3) is 18.3. The Morgan fingerprint density at radius 2 is 1.23 bits per heavy atom. The highest BCUT2D eigenvalue weighted by Gasteiger charge is 2.42. The summed E-state index contributed by atoms with van der Waals surface area (Å²) in [5, 5.41) is 6.14. The first-order chi connectivity index (χ1) is 24.1. The molecule has 1 aliphatic heterocycles. The third-order valence-electron chi connectivity index (χ3n) is 8.19. The molecule has 1 aromatic rings. The van der Waals surface area contributed by atoms with Gasteiger partial charge >= 0.3 is 23.9 Å². The minimum absolute atomic E-state index is 0.000743. The Balaban J connectivity index is 2.34. The highest BCUT2D eigenvalue weighted by molar-refractivity contribution is 5.85. The van der Waals surface area contributed by atoms with Gasteiger partial charge in [-0.2, -0.15) is 0 Å². The number of esters is 4. The monoisotopic (exact) mass is 734 g/mol. The maximum Gasteiger partial charge on any atom is 0.362 e. The van der Waals surface area contributed by atoms with E-state index in [9.17, 15) is 24.0 Å². The van der Waals surface area contributed by atoms with E-state index < -0.39 is 46.7 Å². The van der Waals surface area contributed by atoms with Crippen molar-refractivity contribution in [2.75, 3.05) is 78.5 Å². The van der Waals surface area contributed by atoms with Crippen LogP contribution in [0, 0.1) is 0 Å². The summed E-state index contributed by atoms with van der Waals surface area (Å²) in [7, 11) is 0. The molecule has 2 atom stereocenters. The van der Waals surface area contributed by atoms with Crippen molar-refractivity contribution in [1.82, 2.24) is 20.4 Å². The molecular formula is C38H64N5O9+. The van der Waals surface area contributed by atoms with Crippen LogP contribution < -0.4 is 10.6 Å². The summed E-state index contributed by atoms with van der Waals surface area (Å²) >= 11 is 0. The van der Waals surface area contributed by atoms with Gasteiger partial charge in [0, 0.05) is 39.3 Å². The fourth-order valence-electron chi connectivity index (χ4n) is 5.71. The molecule has 14 heteroatoms. The fraction of sp³-hybridized carbons (Fsp3) is 0.711. The number of hydrogen-bond donors (Lipinski definition) is 2. The molecule has 1 fully saturated rings. The maximum atomic E-state index is 13.8. The second-order valence-electron chi connectivity index (χ2n) is 16.4. The van der Waals surface area contributed by atoms with E-state index in [1.807, 2.05) is 60.9 Å². The second-order valence-corrected chi connectivity index (χ2v) is 16.4. The summed E-state index contributed by atoms with van der Waals surface area (Å²) in [5.41, 5.74) is -1.23. The van der Waals surface area contributed by atoms with Crippen LogP contribution in [-0.4, -0.2) is 145 Å². The van der Waals surface area contributed by atoms with Gasteiger partial charge in [-0.1, -0.05) is 30.3 Å². The molecule has 2 N–H and O–H groups in total. The van der Waals surface area contributed by atoms with Crippen LogP contribution in [0.5, 0.6) is 0 Å². The molecule has 14 nitrogen and oxygen atoms in total. The van der Waals surface area contributed by atoms with E-state index in [2.05, 4.69) is 10.6 Å². The second kappa shape index (κ2) is 20.0. The van der Waals surface area contributed by atoms with Crippen molar-refractivity contribution >= 4 is 29.8 Å². The normalized spacial score (nSPS) is 19.3. The lowest BCUT2D eigenvalue weighted by atomic mass is 10.1. The van der Waals surface area contributed by atoms with E-state index in [1.54, 1.807) is 48.5 Å². The molecule has 1 aliphatic rings. The lowest BCUT2D eigenvalue weighted by molar-refractivity contribution is -0.933. The Bertz CT molecular complexity index is 1320. The predicted molar refractivity (Wildman–Crippen MR) is 197 cm³/mol. The number of rotatable bonds is 12. The van der Waals surface area contributed by atoms with Gasteiger partial charge in [0.2, 0.25) is 0 Å². The highest BCUT2D eigenvalue weighted by Crippen LogP contribution is 2.19. The molecule has 0 radical (unpaired) electrons. The number of benzene rings is 1. The van der Waals surface area contributed by atoms with Gasteiger partial charge in [0.05, 0.1) is 26.2 Å². The number of nitrogens with one attached hydrogen (secondary N) is 2. The number of ether oxygens (including phenoxy) is 4. The quantitative estimate of drug-likeness (QED) is 0.184. The lowest BCUT2D eigenvalue weighted by Gasteiger charge is -2.44. The molecular weight excluding hydrogens is 670 g/mol. The van der Waals surface area contributed by atoms with Crippen molar-refractivity contribution in [2.45, 2.75) is 98.7 Å². The fourth-order valence-corrected chi connectivity index (χ4v) is 5.71. The molecule has 0 spiro atoms. The summed E-state index contributed by atoms with van der Waals surface area (Å²) < 4.78 is 22.3. The van der Waals surface area contributed by atoms with E-state index in [4.69, 9.17) is 18.9 Å². The average molecular weight is 735 g/mol. The molecule has 294 valence electrons. The van der Waals surface area contributed by atoms with Gasteiger partial charge in [0.1, 0.15) is 30.0 Å². The van der Waals surface area contributed by atoms with E-state index in [-0.39, 0.29) is 43.2 Å². The summed E-state index contributed by atoms with van der Waals surface area (Å²) in [6.45, 7) is 21.0. The molecule has 1 heterocycles. The first-order valence-electron chi connectivity index (χ1n) is 18.2. The standard InChI is InChI=1S/C38H63N5O9/c1-29(35(48)40-24-31(44)49-28-30-14-12-11-13-15-30)43(27-34(47)52-38(8,9)10)22-17-39-16-18-41(25-32(45)50-36(2,3)4)19-20-42(21-23-43)26-33(46)51-37(5,6)7/h11-15,29,39H,16-28H2,1-10H3/p+1. The molecule has 0 saturated carbocycles. The molecule has 1 aromatic carbocycles. The number of hydrogen-bond acceptors (Lipinski definition) is 12. The first kappa shape index (κ1) is 44.6. The molecule has 1 amide bonds. The molecule has 52 heavy (non-hydrogen) atoms. The lowest BCUT2D eigenvalue weighted by Crippen LogP contribution is -2.66. The average Bonchev–Trinajstić information content (AvgIpc) is 2.99. The van der Waals surface area contributed by atoms with Gasteiger partial charge in [-0.15, -0.1) is 0 Å². The minimum Gasteiger partial charge on any atom is -0.460 e. The van der Waals surface area contributed by atoms with Crippen LogP contribution >= 0.6 is 0 Å². The minimum atomic E-state index is -0.786. The Morgan fingerprint density at radius 3 is 1.77 bits per heavy atom. The van der Waals surface area contributed by atoms with Crippen molar-refractivity contribution in [3.8, 4) is 0 Å². The van der Waals surface area contributed by atoms with Gasteiger partial charge < -0.3 is 34.1 Å². The summed E-state index contributed by atoms with van der Waals surface area (Å²) in [6, 6.07) is 8.46. The Hall–Kier alpha value is -3.59. The van der Waals surface area contributed by atoms with Gasteiger partial charge in [0.25, 0.3) is 5.91 Å². The van der Waals surface area contributed by atoms with E-state index >= 15 is 0 Å². The molecule has 0 aliphatic carbocycles. The third-order valence-corrected chi connectivity index (χ3v) is 8.19. The van der Waals surface area contributed by atoms with Gasteiger partial charge in [0.15, 0.2) is 12.6 Å². The van der Waals surface area contributed by atoms with Crippen LogP contribution in [0.3, 0.4) is 0 Å². The van der Waals surface area contributed by atoms with Crippen LogP contribution in [0.1, 0.15) is 74.8 Å². The number of amides is 1. The number of nitrogens with zero attached hydrogens (tertiary/aromatic N) is 3. The number of quaternary nitrogens is 1. The largest absolute Gasteiger partial charge is 0.460 e. The molecule has 0 aromatic heterocycles. The Kier molecular flexibility index (Phi) is 17.2. The number of carbonyl (C=O) groups excluding carboxylic acids is 5. The van der Waals surface area contributed by atoms with Crippen molar-refractivity contribution in [3.05, 3.63) is 35.9 Å². The summed E-state index contributed by atoms with van der Waals surface area (Å²) in [5.74, 6) is -2.23. The molecule has 2 unspecified atom stereocenters. The van der Waals surface area contributed by atoms with Gasteiger partial charge in [-0.3, -0.25) is 29.0 Å². The van der Waals surface area contributed by atoms with Crippen LogP contribution in [0.25, 0.3) is 0 Å². The van der Waals surface area contributed by atoms with Gasteiger partial charge in [-0.05, 0) is 74.8 Å². The maximum absolute atomic E-state index is 13.8. The number of carbonyl (C=O) groups is 5. The molecule has 0 bridgehead atoms. The summed E-state index contributed by atoms with van der Waals surface area (Å²) in [6.07, 6.45) is 0. The molecule has 1 saturated heterocycles. The van der Waals surface area contributed by atoms with Crippen LogP contribution in [0.2, 0.25) is 0 Å². The SMILES string of the molecule is CC(C(=O)NCC(=O)OCc1ccccc1)[N+]1(CC(=O)OC(C)(C)C)CCNCCN(CC(=O)OC(C)(C)C)CCN(CC(=O)OC(C)(C)C)CC1. The zero-order valence-electron chi connectivity index (χ0n) is 33.2. The Labute approximate surface area is 310 Å². The zero-order valence-corrected chi connectivity index (χ0v) is 33.2. The van der Waals surface area contributed by atoms with E-state index in [1.165, 1.54) is 0 Å². The van der Waals surface area contributed by atoms with Crippen molar-refractivity contribution in [3.63, 3.8) is 0 Å². The topological polar surface area (TPSA) is 153 Å². The summed E-state index contributed by atoms with van der Waals surface area (Å²) in [4.78, 5) is 69.6. The van der Waals surface area contributed by atoms with Crippen LogP contribution in [0.4, 0.5) is 0 Å². The smallest absolute Gasteiger partial charge is 0.362 e. The first-order valence-corrected chi connectivity index (χ1v) is 18.2. The van der Waals surface area contributed by atoms with Crippen LogP contribution in [0.15, 0.2) is 30.3 Å². The van der Waals surface area contributed by atoms with E-state index in [0.29, 0.717) is 52.4 Å². The molecule has 2 rings (SSSR count). The predicted octanol–water partition coefficient (Wildman–Crippen LogP) is 2.28. The zero-order chi connectivity index (χ0) is 39.2. The van der Waals surface area contributed by atoms with Gasteiger partial charge in [-0.25, -0.2) is 4.79 Å². The van der Waals surface area contributed by atoms with Crippen molar-refractivity contribution < 1.29 is 47.4 Å². The van der Waals surface area contributed by atoms with Crippen LogP contribution in [-0.2, 0) is 49.5 Å². The highest BCUT2D eigenvalue weighted by atomic mass is 16.6.